The number of alkyl halides is 1. The molecule has 0 heterocycles. The van der Waals surface area contributed by atoms with Gasteiger partial charge in [0.25, 0.3) is 0 Å². The smallest absolute Gasteiger partial charge is 0.407 e. The van der Waals surface area contributed by atoms with Crippen LogP contribution in [0.15, 0.2) is 48.5 Å². The van der Waals surface area contributed by atoms with Crippen LogP contribution in [0.3, 0.4) is 0 Å². The lowest BCUT2D eigenvalue weighted by molar-refractivity contribution is 0.144. The molecule has 1 amide bonds. The number of rotatable bonds is 11. The number of benzene rings is 2. The number of halogens is 1. The van der Waals surface area contributed by atoms with Gasteiger partial charge in [0.2, 0.25) is 0 Å². The van der Waals surface area contributed by atoms with Crippen LogP contribution in [0.25, 0.3) is 0 Å². The van der Waals surface area contributed by atoms with Gasteiger partial charge in [0.05, 0.1) is 6.61 Å². The third kappa shape index (κ3) is 7.50. The van der Waals surface area contributed by atoms with Gasteiger partial charge in [-0.25, -0.2) is 4.79 Å². The molecule has 5 nitrogen and oxygen atoms in total. The highest BCUT2D eigenvalue weighted by Crippen LogP contribution is 2.40. The van der Waals surface area contributed by atoms with Crippen LogP contribution >= 0.6 is 11.6 Å². The third-order valence-electron chi connectivity index (χ3n) is 5.07. The zero-order valence-corrected chi connectivity index (χ0v) is 17.6. The Hall–Kier alpha value is -2.40. The summed E-state index contributed by atoms with van der Waals surface area (Å²) >= 11 is 5.53. The van der Waals surface area contributed by atoms with E-state index in [0.29, 0.717) is 19.0 Å². The number of carbonyl (C=O) groups is 1. The van der Waals surface area contributed by atoms with Crippen LogP contribution in [0.4, 0.5) is 4.79 Å². The Balaban J connectivity index is 2.02. The molecule has 0 aliphatic carbocycles. The van der Waals surface area contributed by atoms with Crippen LogP contribution in [0.5, 0.6) is 11.5 Å². The molecular formula is C23H30ClNO4. The molecule has 3 N–H and O–H groups in total. The van der Waals surface area contributed by atoms with Crippen molar-refractivity contribution in [3.8, 4) is 11.5 Å². The SMILES string of the molecule is CC[C@@H](c1ccc(O)cc1)[C@H](CCCCOC(=O)NCCCl)c1ccc(O)cc1. The first-order valence-corrected chi connectivity index (χ1v) is 10.6. The number of hydrogen-bond acceptors (Lipinski definition) is 4. The minimum Gasteiger partial charge on any atom is -0.508 e. The Kier molecular flexibility index (Phi) is 9.65. The molecule has 0 aromatic heterocycles. The quantitative estimate of drug-likeness (QED) is 0.331. The average molecular weight is 420 g/mol. The lowest BCUT2D eigenvalue weighted by Crippen LogP contribution is -2.26. The van der Waals surface area contributed by atoms with E-state index in [4.69, 9.17) is 16.3 Å². The van der Waals surface area contributed by atoms with Gasteiger partial charge in [0.15, 0.2) is 0 Å². The maximum Gasteiger partial charge on any atom is 0.407 e. The highest BCUT2D eigenvalue weighted by molar-refractivity contribution is 6.18. The summed E-state index contributed by atoms with van der Waals surface area (Å²) in [6, 6.07) is 14.8. The van der Waals surface area contributed by atoms with Gasteiger partial charge in [0, 0.05) is 12.4 Å². The van der Waals surface area contributed by atoms with Crippen LogP contribution < -0.4 is 5.32 Å². The van der Waals surface area contributed by atoms with Crippen LogP contribution in [0.2, 0.25) is 0 Å². The number of alkyl carbamates (subject to hydrolysis) is 1. The Bertz CT molecular complexity index is 734. The second kappa shape index (κ2) is 12.2. The summed E-state index contributed by atoms with van der Waals surface area (Å²) in [7, 11) is 0. The number of hydrogen-bond donors (Lipinski definition) is 3. The number of ether oxygens (including phenoxy) is 1. The monoisotopic (exact) mass is 419 g/mol. The zero-order chi connectivity index (χ0) is 21.1. The molecule has 0 fully saturated rings. The van der Waals surface area contributed by atoms with Gasteiger partial charge >= 0.3 is 6.09 Å². The van der Waals surface area contributed by atoms with Crippen molar-refractivity contribution < 1.29 is 19.7 Å². The molecule has 0 saturated heterocycles. The van der Waals surface area contributed by atoms with Gasteiger partial charge < -0.3 is 20.3 Å². The maximum absolute atomic E-state index is 11.5. The van der Waals surface area contributed by atoms with Crippen molar-refractivity contribution in [1.82, 2.24) is 5.32 Å². The molecule has 0 aliphatic heterocycles. The van der Waals surface area contributed by atoms with Crippen LogP contribution in [-0.2, 0) is 4.74 Å². The summed E-state index contributed by atoms with van der Waals surface area (Å²) < 4.78 is 5.16. The topological polar surface area (TPSA) is 78.8 Å². The fraction of sp³-hybridized carbons (Fsp3) is 0.435. The van der Waals surface area contributed by atoms with E-state index >= 15 is 0 Å². The largest absolute Gasteiger partial charge is 0.508 e. The van der Waals surface area contributed by atoms with Crippen molar-refractivity contribution in [2.24, 2.45) is 0 Å². The molecule has 6 heteroatoms. The zero-order valence-electron chi connectivity index (χ0n) is 16.8. The van der Waals surface area contributed by atoms with Gasteiger partial charge in [-0.2, -0.15) is 0 Å². The summed E-state index contributed by atoms with van der Waals surface area (Å²) in [6.07, 6.45) is 3.12. The number of aromatic hydroxyl groups is 2. The molecule has 0 unspecified atom stereocenters. The van der Waals surface area contributed by atoms with Crippen molar-refractivity contribution >= 4 is 17.7 Å². The molecule has 0 saturated carbocycles. The molecular weight excluding hydrogens is 390 g/mol. The van der Waals surface area contributed by atoms with Crippen LogP contribution in [0.1, 0.15) is 55.6 Å². The second-order valence-corrected chi connectivity index (χ2v) is 7.43. The Labute approximate surface area is 177 Å². The predicted molar refractivity (Wildman–Crippen MR) is 116 cm³/mol. The van der Waals surface area contributed by atoms with Crippen molar-refractivity contribution in [2.45, 2.75) is 44.4 Å². The molecule has 29 heavy (non-hydrogen) atoms. The molecule has 2 aromatic carbocycles. The van der Waals surface area contributed by atoms with Crippen molar-refractivity contribution in [2.75, 3.05) is 19.0 Å². The van der Waals surface area contributed by atoms with Gasteiger partial charge in [-0.15, -0.1) is 11.6 Å². The fourth-order valence-electron chi connectivity index (χ4n) is 3.63. The van der Waals surface area contributed by atoms with Gasteiger partial charge in [0.1, 0.15) is 11.5 Å². The van der Waals surface area contributed by atoms with Gasteiger partial charge in [-0.1, -0.05) is 31.2 Å². The summed E-state index contributed by atoms with van der Waals surface area (Å²) in [5.41, 5.74) is 2.35. The number of nitrogens with one attached hydrogen (secondary N) is 1. The maximum atomic E-state index is 11.5. The lowest BCUT2D eigenvalue weighted by atomic mass is 9.77. The highest BCUT2D eigenvalue weighted by atomic mass is 35.5. The summed E-state index contributed by atoms with van der Waals surface area (Å²) in [5.74, 6) is 1.42. The van der Waals surface area contributed by atoms with E-state index in [2.05, 4.69) is 12.2 Å². The molecule has 158 valence electrons. The predicted octanol–water partition coefficient (Wildman–Crippen LogP) is 5.51. The molecule has 0 spiro atoms. The highest BCUT2D eigenvalue weighted by Gasteiger charge is 2.23. The normalized spacial score (nSPS) is 12.9. The van der Waals surface area contributed by atoms with Gasteiger partial charge in [-0.05, 0) is 72.9 Å². The van der Waals surface area contributed by atoms with E-state index < -0.39 is 6.09 Å². The van der Waals surface area contributed by atoms with Crippen molar-refractivity contribution in [3.63, 3.8) is 0 Å². The first-order valence-electron chi connectivity index (χ1n) is 10.1. The Morgan fingerprint density at radius 1 is 0.966 bits per heavy atom. The first-order chi connectivity index (χ1) is 14.0. The fourth-order valence-corrected chi connectivity index (χ4v) is 3.72. The Morgan fingerprint density at radius 2 is 1.52 bits per heavy atom. The molecule has 2 aromatic rings. The summed E-state index contributed by atoms with van der Waals surface area (Å²) in [6.45, 7) is 2.93. The molecule has 0 bridgehead atoms. The van der Waals surface area contributed by atoms with Gasteiger partial charge in [-0.3, -0.25) is 0 Å². The minimum absolute atomic E-state index is 0.251. The number of phenolic OH excluding ortho intramolecular Hbond substituents is 2. The lowest BCUT2D eigenvalue weighted by Gasteiger charge is -2.27. The third-order valence-corrected chi connectivity index (χ3v) is 5.26. The van der Waals surface area contributed by atoms with E-state index in [1.807, 2.05) is 24.3 Å². The first kappa shape index (κ1) is 22.9. The molecule has 2 atom stereocenters. The second-order valence-electron chi connectivity index (χ2n) is 7.05. The van der Waals surface area contributed by atoms with Crippen molar-refractivity contribution in [3.05, 3.63) is 59.7 Å². The van der Waals surface area contributed by atoms with E-state index in [1.54, 1.807) is 24.3 Å². The van der Waals surface area contributed by atoms with Crippen molar-refractivity contribution in [1.29, 1.82) is 0 Å². The summed E-state index contributed by atoms with van der Waals surface area (Å²) in [5, 5.41) is 21.8. The standard InChI is InChI=1S/C23H30ClNO4/c1-2-21(17-6-10-19(26)11-7-17)22(18-8-12-20(27)13-9-18)5-3-4-16-29-23(28)25-15-14-24/h6-13,21-22,26-27H,2-5,14-16H2,1H3,(H,25,28)/t21-,22+/m0/s1. The molecule has 0 radical (unpaired) electrons. The number of phenols is 2. The number of unbranched alkanes of at least 4 members (excludes halogenated alkanes) is 1. The minimum atomic E-state index is -0.434. The van der Waals surface area contributed by atoms with Crippen LogP contribution in [0, 0.1) is 0 Å². The Morgan fingerprint density at radius 3 is 2.03 bits per heavy atom. The molecule has 2 rings (SSSR count). The summed E-state index contributed by atoms with van der Waals surface area (Å²) in [4.78, 5) is 11.5. The van der Waals surface area contributed by atoms with E-state index in [-0.39, 0.29) is 23.3 Å². The average Bonchev–Trinajstić information content (AvgIpc) is 2.73. The molecule has 0 aliphatic rings. The van der Waals surface area contributed by atoms with E-state index in [1.165, 1.54) is 11.1 Å². The number of amides is 1. The van der Waals surface area contributed by atoms with Crippen LogP contribution in [-0.4, -0.2) is 35.3 Å². The van der Waals surface area contributed by atoms with E-state index in [9.17, 15) is 15.0 Å². The van der Waals surface area contributed by atoms with E-state index in [0.717, 1.165) is 25.7 Å². The number of carbonyl (C=O) groups excluding carboxylic acids is 1.